The zero-order valence-electron chi connectivity index (χ0n) is 11.5. The average molecular weight is 403 g/mol. The molecule has 0 aliphatic heterocycles. The second-order valence-electron chi connectivity index (χ2n) is 4.26. The topological polar surface area (TPSA) is 85.6 Å². The number of nitrogens with one attached hydrogen (secondary N) is 1. The second-order valence-corrected chi connectivity index (χ2v) is 7.52. The molecule has 6 nitrogen and oxygen atoms in total. The van der Waals surface area contributed by atoms with Crippen LogP contribution < -0.4 is 5.32 Å². The maximum Gasteiger partial charge on any atom is 0.287 e. The van der Waals surface area contributed by atoms with Crippen LogP contribution >= 0.6 is 26.6 Å². The first kappa shape index (κ1) is 18.5. The Morgan fingerprint density at radius 2 is 2.10 bits per heavy atom. The smallest absolute Gasteiger partial charge is 0.287 e. The van der Waals surface area contributed by atoms with Crippen LogP contribution in [0.4, 0.5) is 0 Å². The Bertz CT molecular complexity index is 572. The number of rotatable bonds is 9. The average Bonchev–Trinajstić information content (AvgIpc) is 2.79. The van der Waals surface area contributed by atoms with E-state index < -0.39 is 15.0 Å². The quantitative estimate of drug-likeness (QED) is 0.507. The number of hydrogen-bond donors (Lipinski definition) is 1. The number of ether oxygens (including phenoxy) is 1. The van der Waals surface area contributed by atoms with Crippen LogP contribution in [0.5, 0.6) is 0 Å². The van der Waals surface area contributed by atoms with Crippen molar-refractivity contribution in [2.45, 2.75) is 31.1 Å². The molecule has 1 amide bonds. The number of amides is 1. The molecule has 0 aliphatic rings. The summed E-state index contributed by atoms with van der Waals surface area (Å²) in [4.78, 5) is 11.5. The Morgan fingerprint density at radius 3 is 2.67 bits per heavy atom. The van der Waals surface area contributed by atoms with Crippen LogP contribution in [0.2, 0.25) is 0 Å². The van der Waals surface area contributed by atoms with Crippen LogP contribution in [-0.2, 0) is 13.8 Å². The van der Waals surface area contributed by atoms with Crippen molar-refractivity contribution in [3.63, 3.8) is 0 Å². The summed E-state index contributed by atoms with van der Waals surface area (Å²) >= 11 is 2.91. The predicted molar refractivity (Wildman–Crippen MR) is 82.1 cm³/mol. The van der Waals surface area contributed by atoms with Crippen molar-refractivity contribution in [3.05, 3.63) is 16.5 Å². The third-order valence-corrected chi connectivity index (χ3v) is 4.71. The summed E-state index contributed by atoms with van der Waals surface area (Å²) in [7, 11) is 1.25. The Balaban J connectivity index is 2.40. The molecule has 1 aromatic rings. The van der Waals surface area contributed by atoms with E-state index in [4.69, 9.17) is 19.8 Å². The van der Waals surface area contributed by atoms with Crippen molar-refractivity contribution in [2.75, 3.05) is 19.8 Å². The van der Waals surface area contributed by atoms with Crippen molar-refractivity contribution in [1.82, 2.24) is 5.32 Å². The molecular formula is C12H17BrClNO5S. The van der Waals surface area contributed by atoms with E-state index in [9.17, 15) is 13.2 Å². The minimum atomic E-state index is -3.95. The molecule has 9 heteroatoms. The van der Waals surface area contributed by atoms with E-state index in [0.717, 1.165) is 18.9 Å². The fraction of sp³-hybridized carbons (Fsp3) is 0.583. The molecule has 0 saturated carbocycles. The number of furan rings is 1. The number of carbonyl (C=O) groups excluding carboxylic acids is 1. The third kappa shape index (κ3) is 6.37. The molecule has 0 atom stereocenters. The molecule has 0 aromatic carbocycles. The molecule has 0 unspecified atom stereocenters. The van der Waals surface area contributed by atoms with E-state index in [-0.39, 0.29) is 15.3 Å². The van der Waals surface area contributed by atoms with Gasteiger partial charge in [-0.05, 0) is 28.8 Å². The van der Waals surface area contributed by atoms with Gasteiger partial charge in [0.1, 0.15) is 4.90 Å². The zero-order chi connectivity index (χ0) is 15.9. The highest BCUT2D eigenvalue weighted by atomic mass is 79.9. The highest BCUT2D eigenvalue weighted by molar-refractivity contribution is 9.10. The minimum absolute atomic E-state index is 0.0921. The van der Waals surface area contributed by atoms with Gasteiger partial charge in [-0.25, -0.2) is 8.42 Å². The zero-order valence-corrected chi connectivity index (χ0v) is 14.7. The van der Waals surface area contributed by atoms with Gasteiger partial charge in [-0.3, -0.25) is 4.79 Å². The van der Waals surface area contributed by atoms with E-state index in [1.54, 1.807) is 0 Å². The SMILES string of the molecule is CCCCOCCCNC(=O)c1cc(S(=O)(=O)Cl)c(Br)o1. The van der Waals surface area contributed by atoms with Crippen LogP contribution in [0.15, 0.2) is 20.0 Å². The summed E-state index contributed by atoms with van der Waals surface area (Å²) in [6.45, 7) is 3.77. The summed E-state index contributed by atoms with van der Waals surface area (Å²) in [6, 6.07) is 1.08. The van der Waals surface area contributed by atoms with E-state index in [1.807, 2.05) is 0 Å². The van der Waals surface area contributed by atoms with Crippen molar-refractivity contribution in [1.29, 1.82) is 0 Å². The molecule has 120 valence electrons. The lowest BCUT2D eigenvalue weighted by atomic mass is 10.3. The van der Waals surface area contributed by atoms with Gasteiger partial charge in [-0.2, -0.15) is 0 Å². The van der Waals surface area contributed by atoms with E-state index >= 15 is 0 Å². The van der Waals surface area contributed by atoms with Crippen LogP contribution in [0, 0.1) is 0 Å². The first-order valence-corrected chi connectivity index (χ1v) is 9.56. The predicted octanol–water partition coefficient (Wildman–Crippen LogP) is 2.91. The highest BCUT2D eigenvalue weighted by Gasteiger charge is 2.22. The molecule has 0 radical (unpaired) electrons. The van der Waals surface area contributed by atoms with Gasteiger partial charge < -0.3 is 14.5 Å². The Morgan fingerprint density at radius 1 is 1.43 bits per heavy atom. The maximum absolute atomic E-state index is 11.8. The molecule has 1 aromatic heterocycles. The van der Waals surface area contributed by atoms with Crippen LogP contribution in [0.25, 0.3) is 0 Å². The molecule has 1 heterocycles. The van der Waals surface area contributed by atoms with Crippen LogP contribution in [-0.4, -0.2) is 34.1 Å². The van der Waals surface area contributed by atoms with Gasteiger partial charge in [0.2, 0.25) is 0 Å². The summed E-state index contributed by atoms with van der Waals surface area (Å²) < 4.78 is 32.7. The van der Waals surface area contributed by atoms with E-state index in [0.29, 0.717) is 26.2 Å². The Hall–Kier alpha value is -0.570. The van der Waals surface area contributed by atoms with Gasteiger partial charge in [0, 0.05) is 36.5 Å². The standard InChI is InChI=1S/C12H17BrClNO5S/c1-2-3-6-19-7-4-5-15-12(16)9-8-10(11(13)20-9)21(14,17)18/h8H,2-7H2,1H3,(H,15,16). The summed E-state index contributed by atoms with van der Waals surface area (Å²) in [5, 5.41) is 2.61. The largest absolute Gasteiger partial charge is 0.443 e. The lowest BCUT2D eigenvalue weighted by Crippen LogP contribution is -2.24. The van der Waals surface area contributed by atoms with Crippen LogP contribution in [0.3, 0.4) is 0 Å². The van der Waals surface area contributed by atoms with Crippen molar-refractivity contribution in [3.8, 4) is 0 Å². The molecule has 1 N–H and O–H groups in total. The van der Waals surface area contributed by atoms with Gasteiger partial charge in [-0.15, -0.1) is 0 Å². The minimum Gasteiger partial charge on any atom is -0.443 e. The monoisotopic (exact) mass is 401 g/mol. The van der Waals surface area contributed by atoms with Crippen molar-refractivity contribution in [2.24, 2.45) is 0 Å². The van der Waals surface area contributed by atoms with Gasteiger partial charge in [-0.1, -0.05) is 13.3 Å². The molecule has 0 spiro atoms. The van der Waals surface area contributed by atoms with Gasteiger partial charge >= 0.3 is 0 Å². The number of carbonyl (C=O) groups is 1. The number of halogens is 2. The van der Waals surface area contributed by atoms with E-state index in [1.165, 1.54) is 0 Å². The van der Waals surface area contributed by atoms with E-state index in [2.05, 4.69) is 28.2 Å². The lowest BCUT2D eigenvalue weighted by molar-refractivity contribution is 0.0912. The lowest BCUT2D eigenvalue weighted by Gasteiger charge is -2.04. The second kappa shape index (κ2) is 8.77. The summed E-state index contributed by atoms with van der Waals surface area (Å²) in [5.74, 6) is -0.621. The third-order valence-electron chi connectivity index (χ3n) is 2.54. The maximum atomic E-state index is 11.8. The van der Waals surface area contributed by atoms with Crippen molar-refractivity contribution < 1.29 is 22.4 Å². The van der Waals surface area contributed by atoms with Crippen molar-refractivity contribution >= 4 is 41.6 Å². The fourth-order valence-corrected chi connectivity index (χ4v) is 3.47. The molecule has 0 aliphatic carbocycles. The molecule has 0 saturated heterocycles. The number of hydrogen-bond acceptors (Lipinski definition) is 5. The summed E-state index contributed by atoms with van der Waals surface area (Å²) in [5.41, 5.74) is 0. The molecule has 0 fully saturated rings. The van der Waals surface area contributed by atoms with Gasteiger partial charge in [0.25, 0.3) is 15.0 Å². The Kier molecular flexibility index (Phi) is 7.72. The first-order valence-electron chi connectivity index (χ1n) is 6.46. The normalized spacial score (nSPS) is 11.6. The first-order chi connectivity index (χ1) is 9.86. The molecule has 1 rings (SSSR count). The Labute approximate surface area is 136 Å². The van der Waals surface area contributed by atoms with Crippen LogP contribution in [0.1, 0.15) is 36.7 Å². The molecular weight excluding hydrogens is 386 g/mol. The molecule has 21 heavy (non-hydrogen) atoms. The highest BCUT2D eigenvalue weighted by Crippen LogP contribution is 2.28. The summed E-state index contributed by atoms with van der Waals surface area (Å²) in [6.07, 6.45) is 2.76. The fourth-order valence-electron chi connectivity index (χ4n) is 1.44. The van der Waals surface area contributed by atoms with Gasteiger partial charge in [0.05, 0.1) is 0 Å². The molecule has 0 bridgehead atoms. The van der Waals surface area contributed by atoms with Gasteiger partial charge in [0.15, 0.2) is 10.4 Å². The number of unbranched alkanes of at least 4 members (excludes halogenated alkanes) is 1.